The average Bonchev–Trinajstić information content (AvgIpc) is 3.15. The van der Waals surface area contributed by atoms with Crippen LogP contribution in [0.4, 0.5) is 0 Å². The van der Waals surface area contributed by atoms with Gasteiger partial charge in [-0.1, -0.05) is 231 Å². The summed E-state index contributed by atoms with van der Waals surface area (Å²) in [6.45, 7) is 4.32. The molecule has 52 heavy (non-hydrogen) atoms. The second-order valence-corrected chi connectivity index (χ2v) is 16.2. The van der Waals surface area contributed by atoms with E-state index in [1.807, 2.05) is 6.08 Å². The summed E-state index contributed by atoms with van der Waals surface area (Å²) in [5.41, 5.74) is 0. The Kier molecular flexibility index (Phi) is 43.3. The van der Waals surface area contributed by atoms with Crippen LogP contribution in [0.3, 0.4) is 0 Å². The van der Waals surface area contributed by atoms with Gasteiger partial charge < -0.3 is 15.5 Å². The quantitative estimate of drug-likeness (QED) is 0.0432. The Labute approximate surface area is 326 Å². The SMILES string of the molecule is CCCCCCCCC/C=C\CCCCCCCC(=O)NC(CO)C(O)/C=C/CCCCCCCCCCCCCCCCCCCCCCCC. The zero-order valence-corrected chi connectivity index (χ0v) is 35.3. The van der Waals surface area contributed by atoms with Crippen LogP contribution in [0, 0.1) is 0 Å². The zero-order chi connectivity index (χ0) is 37.8. The van der Waals surface area contributed by atoms with Crippen LogP contribution in [-0.2, 0) is 4.79 Å². The van der Waals surface area contributed by atoms with Crippen LogP contribution in [0.5, 0.6) is 0 Å². The largest absolute Gasteiger partial charge is 0.394 e. The van der Waals surface area contributed by atoms with Crippen LogP contribution >= 0.6 is 0 Å². The van der Waals surface area contributed by atoms with E-state index in [0.717, 1.165) is 32.1 Å². The summed E-state index contributed by atoms with van der Waals surface area (Å²) in [4.78, 5) is 12.4. The van der Waals surface area contributed by atoms with Crippen molar-refractivity contribution in [1.82, 2.24) is 5.32 Å². The van der Waals surface area contributed by atoms with Crippen molar-refractivity contribution in [2.24, 2.45) is 0 Å². The van der Waals surface area contributed by atoms with E-state index in [9.17, 15) is 15.0 Å². The number of hydrogen-bond donors (Lipinski definition) is 3. The van der Waals surface area contributed by atoms with E-state index in [0.29, 0.717) is 6.42 Å². The van der Waals surface area contributed by atoms with E-state index >= 15 is 0 Å². The molecule has 0 fully saturated rings. The Hall–Kier alpha value is -1.13. The molecule has 308 valence electrons. The summed E-state index contributed by atoms with van der Waals surface area (Å²) in [5, 5.41) is 23.0. The third-order valence-corrected chi connectivity index (χ3v) is 10.9. The maximum absolute atomic E-state index is 12.4. The number of carbonyl (C=O) groups excluding carboxylic acids is 1. The number of aliphatic hydroxyl groups is 2. The number of rotatable bonds is 43. The Balaban J connectivity index is 3.52. The van der Waals surface area contributed by atoms with Gasteiger partial charge in [0.25, 0.3) is 0 Å². The molecule has 1 amide bonds. The first-order chi connectivity index (χ1) is 25.7. The van der Waals surface area contributed by atoms with Gasteiger partial charge in [0.2, 0.25) is 5.91 Å². The van der Waals surface area contributed by atoms with Crippen molar-refractivity contribution in [3.05, 3.63) is 24.3 Å². The fourth-order valence-electron chi connectivity index (χ4n) is 7.29. The molecule has 4 nitrogen and oxygen atoms in total. The summed E-state index contributed by atoms with van der Waals surface area (Å²) < 4.78 is 0. The molecule has 0 aliphatic carbocycles. The van der Waals surface area contributed by atoms with Crippen LogP contribution in [0.15, 0.2) is 24.3 Å². The highest BCUT2D eigenvalue weighted by Crippen LogP contribution is 2.16. The second kappa shape index (κ2) is 44.3. The first kappa shape index (κ1) is 50.9. The summed E-state index contributed by atoms with van der Waals surface area (Å²) in [5.74, 6) is -0.0700. The second-order valence-electron chi connectivity index (χ2n) is 16.2. The number of allylic oxidation sites excluding steroid dienone is 3. The molecule has 0 bridgehead atoms. The minimum atomic E-state index is -0.840. The molecular formula is C48H93NO3. The van der Waals surface area contributed by atoms with Gasteiger partial charge in [0, 0.05) is 6.42 Å². The number of amides is 1. The van der Waals surface area contributed by atoms with Crippen molar-refractivity contribution in [3.8, 4) is 0 Å². The highest BCUT2D eigenvalue weighted by molar-refractivity contribution is 5.76. The third kappa shape index (κ3) is 40.1. The first-order valence-electron chi connectivity index (χ1n) is 23.6. The van der Waals surface area contributed by atoms with Gasteiger partial charge >= 0.3 is 0 Å². The molecule has 0 saturated carbocycles. The van der Waals surface area contributed by atoms with Crippen LogP contribution in [0.2, 0.25) is 0 Å². The highest BCUT2D eigenvalue weighted by atomic mass is 16.3. The summed E-state index contributed by atoms with van der Waals surface area (Å²) in [6, 6.07) is -0.624. The summed E-state index contributed by atoms with van der Waals surface area (Å²) >= 11 is 0. The topological polar surface area (TPSA) is 69.6 Å². The third-order valence-electron chi connectivity index (χ3n) is 10.9. The molecule has 0 aliphatic heterocycles. The maximum Gasteiger partial charge on any atom is 0.220 e. The molecule has 0 radical (unpaired) electrons. The average molecular weight is 732 g/mol. The minimum absolute atomic E-state index is 0.0700. The van der Waals surface area contributed by atoms with E-state index in [2.05, 4.69) is 31.3 Å². The number of nitrogens with one attached hydrogen (secondary N) is 1. The van der Waals surface area contributed by atoms with E-state index in [4.69, 9.17) is 0 Å². The van der Waals surface area contributed by atoms with Gasteiger partial charge in [-0.15, -0.1) is 0 Å². The predicted octanol–water partition coefficient (Wildman–Crippen LogP) is 14.8. The normalized spacial score (nSPS) is 13.1. The molecule has 3 N–H and O–H groups in total. The Morgan fingerprint density at radius 1 is 0.442 bits per heavy atom. The monoisotopic (exact) mass is 732 g/mol. The molecule has 2 atom stereocenters. The predicted molar refractivity (Wildman–Crippen MR) is 230 cm³/mol. The fourth-order valence-corrected chi connectivity index (χ4v) is 7.29. The van der Waals surface area contributed by atoms with Crippen LogP contribution < -0.4 is 5.32 Å². The fraction of sp³-hybridized carbons (Fsp3) is 0.896. The lowest BCUT2D eigenvalue weighted by Crippen LogP contribution is -2.45. The molecule has 0 spiro atoms. The van der Waals surface area contributed by atoms with Crippen molar-refractivity contribution < 1.29 is 15.0 Å². The van der Waals surface area contributed by atoms with Crippen LogP contribution in [-0.4, -0.2) is 34.9 Å². The molecule has 2 unspecified atom stereocenters. The van der Waals surface area contributed by atoms with Gasteiger partial charge in [-0.3, -0.25) is 4.79 Å². The molecule has 0 saturated heterocycles. The number of unbranched alkanes of at least 4 members (excludes halogenated alkanes) is 34. The molecule has 0 aromatic heterocycles. The maximum atomic E-state index is 12.4. The summed E-state index contributed by atoms with van der Waals surface area (Å²) in [7, 11) is 0. The molecule has 4 heteroatoms. The lowest BCUT2D eigenvalue weighted by atomic mass is 10.0. The highest BCUT2D eigenvalue weighted by Gasteiger charge is 2.17. The summed E-state index contributed by atoms with van der Waals surface area (Å²) in [6.07, 6.45) is 57.3. The molecule has 0 aromatic carbocycles. The zero-order valence-electron chi connectivity index (χ0n) is 35.3. The van der Waals surface area contributed by atoms with E-state index in [1.165, 1.54) is 205 Å². The Morgan fingerprint density at radius 3 is 1.06 bits per heavy atom. The Morgan fingerprint density at radius 2 is 0.731 bits per heavy atom. The standard InChI is InChI=1S/C48H93NO3/c1-3-5-7-9-11-13-15-17-19-21-22-23-24-25-26-27-28-29-31-33-35-37-39-41-43-47(51)46(45-50)49-48(52)44-42-40-38-36-34-32-30-20-18-16-14-12-10-8-6-4-2/h20,30,41,43,46-47,50-51H,3-19,21-29,31-40,42,44-45H2,1-2H3,(H,49,52)/b30-20-,43-41+. The van der Waals surface area contributed by atoms with E-state index in [1.54, 1.807) is 6.08 Å². The molecule has 0 heterocycles. The van der Waals surface area contributed by atoms with Crippen molar-refractivity contribution in [2.75, 3.05) is 6.61 Å². The first-order valence-corrected chi connectivity index (χ1v) is 23.6. The van der Waals surface area contributed by atoms with Crippen molar-refractivity contribution in [3.63, 3.8) is 0 Å². The van der Waals surface area contributed by atoms with Gasteiger partial charge in [0.05, 0.1) is 18.8 Å². The van der Waals surface area contributed by atoms with Gasteiger partial charge in [-0.25, -0.2) is 0 Å². The van der Waals surface area contributed by atoms with Crippen molar-refractivity contribution >= 4 is 5.91 Å². The van der Waals surface area contributed by atoms with E-state index < -0.39 is 12.1 Å². The van der Waals surface area contributed by atoms with Crippen molar-refractivity contribution in [2.45, 2.75) is 270 Å². The molecule has 0 aliphatic rings. The minimum Gasteiger partial charge on any atom is -0.394 e. The molecule has 0 rings (SSSR count). The van der Waals surface area contributed by atoms with Gasteiger partial charge in [0.1, 0.15) is 0 Å². The molecule has 0 aromatic rings. The van der Waals surface area contributed by atoms with Crippen LogP contribution in [0.25, 0.3) is 0 Å². The van der Waals surface area contributed by atoms with Gasteiger partial charge in [0.15, 0.2) is 0 Å². The number of carbonyl (C=O) groups is 1. The van der Waals surface area contributed by atoms with Crippen LogP contribution in [0.1, 0.15) is 258 Å². The Bertz CT molecular complexity index is 750. The molecular weight excluding hydrogens is 639 g/mol. The van der Waals surface area contributed by atoms with Crippen molar-refractivity contribution in [1.29, 1.82) is 0 Å². The lowest BCUT2D eigenvalue weighted by Gasteiger charge is -2.20. The number of hydrogen-bond acceptors (Lipinski definition) is 3. The number of aliphatic hydroxyl groups excluding tert-OH is 2. The van der Waals surface area contributed by atoms with E-state index in [-0.39, 0.29) is 12.5 Å². The lowest BCUT2D eigenvalue weighted by molar-refractivity contribution is -0.123. The smallest absolute Gasteiger partial charge is 0.220 e. The van der Waals surface area contributed by atoms with Gasteiger partial charge in [-0.2, -0.15) is 0 Å². The van der Waals surface area contributed by atoms with Gasteiger partial charge in [-0.05, 0) is 44.9 Å².